The van der Waals surface area contributed by atoms with Crippen LogP contribution in [0, 0.1) is 0 Å². The number of hydrogen-bond acceptors (Lipinski definition) is 3. The maximum absolute atomic E-state index is 12.0. The molecule has 2 N–H and O–H groups in total. The van der Waals surface area contributed by atoms with Gasteiger partial charge in [0.1, 0.15) is 17.1 Å². The van der Waals surface area contributed by atoms with E-state index in [4.69, 9.17) is 15.2 Å². The van der Waals surface area contributed by atoms with Gasteiger partial charge in [0, 0.05) is 30.5 Å². The molecule has 18 heavy (non-hydrogen) atoms. The van der Waals surface area contributed by atoms with Gasteiger partial charge in [-0.3, -0.25) is 4.39 Å². The van der Waals surface area contributed by atoms with Crippen LogP contribution in [0.15, 0.2) is 18.2 Å². The highest BCUT2D eigenvalue weighted by Crippen LogP contribution is 2.39. The Morgan fingerprint density at radius 3 is 3.00 bits per heavy atom. The van der Waals surface area contributed by atoms with Gasteiger partial charge in [-0.2, -0.15) is 0 Å². The lowest BCUT2D eigenvalue weighted by molar-refractivity contribution is 0.0724. The van der Waals surface area contributed by atoms with Gasteiger partial charge >= 0.3 is 0 Å². The van der Waals surface area contributed by atoms with Crippen LogP contribution < -0.4 is 15.2 Å². The Morgan fingerprint density at radius 2 is 2.28 bits per heavy atom. The minimum Gasteiger partial charge on any atom is -0.493 e. The quantitative estimate of drug-likeness (QED) is 0.839. The number of hydrogen-bond donors (Lipinski definition) is 1. The van der Waals surface area contributed by atoms with Gasteiger partial charge in [0.2, 0.25) is 0 Å². The van der Waals surface area contributed by atoms with Gasteiger partial charge in [0.05, 0.1) is 13.3 Å². The smallest absolute Gasteiger partial charge is 0.128 e. The van der Waals surface area contributed by atoms with E-state index >= 15 is 0 Å². The molecule has 0 saturated heterocycles. The zero-order valence-electron chi connectivity index (χ0n) is 10.9. The first-order chi connectivity index (χ1) is 8.52. The molecule has 1 aliphatic rings. The molecule has 0 amide bonds. The van der Waals surface area contributed by atoms with Crippen molar-refractivity contribution in [1.82, 2.24) is 0 Å². The third-order valence-corrected chi connectivity index (χ3v) is 3.03. The Kier molecular flexibility index (Phi) is 3.76. The van der Waals surface area contributed by atoms with Crippen LogP contribution in [-0.2, 0) is 0 Å². The van der Waals surface area contributed by atoms with Gasteiger partial charge in [-0.05, 0) is 19.9 Å². The molecule has 2 rings (SSSR count). The van der Waals surface area contributed by atoms with Crippen LogP contribution in [0.5, 0.6) is 11.5 Å². The summed E-state index contributed by atoms with van der Waals surface area (Å²) in [5, 5.41) is 0. The average Bonchev–Trinajstić information content (AvgIpc) is 2.27. The summed E-state index contributed by atoms with van der Waals surface area (Å²) >= 11 is 0. The summed E-state index contributed by atoms with van der Waals surface area (Å²) in [6.07, 6.45) is 1.20. The van der Waals surface area contributed by atoms with E-state index < -0.39 is 0 Å². The molecule has 0 aromatic heterocycles. The van der Waals surface area contributed by atoms with Crippen LogP contribution in [-0.4, -0.2) is 18.9 Å². The van der Waals surface area contributed by atoms with Crippen molar-refractivity contribution >= 4 is 0 Å². The van der Waals surface area contributed by atoms with Gasteiger partial charge in [-0.1, -0.05) is 6.07 Å². The summed E-state index contributed by atoms with van der Waals surface area (Å²) in [5.41, 5.74) is 6.87. The minimum absolute atomic E-state index is 0.0105. The lowest BCUT2D eigenvalue weighted by Crippen LogP contribution is -2.37. The van der Waals surface area contributed by atoms with Crippen LogP contribution in [0.2, 0.25) is 0 Å². The number of nitrogens with two attached hydrogens (primary N) is 1. The Balaban J connectivity index is 2.15. The number of ether oxygens (including phenoxy) is 2. The molecule has 1 aromatic carbocycles. The summed E-state index contributed by atoms with van der Waals surface area (Å²) in [4.78, 5) is 0. The first-order valence-electron chi connectivity index (χ1n) is 6.29. The fraction of sp³-hybridized carbons (Fsp3) is 0.571. The SMILES string of the molecule is CC1(C)CC(N)c2ccc(OCCCF)cc2O1. The predicted molar refractivity (Wildman–Crippen MR) is 68.8 cm³/mol. The molecular formula is C14H20FNO2. The second kappa shape index (κ2) is 5.14. The van der Waals surface area contributed by atoms with Crippen LogP contribution in [0.3, 0.4) is 0 Å². The molecule has 4 heteroatoms. The molecule has 0 fully saturated rings. The van der Waals surface area contributed by atoms with Crippen molar-refractivity contribution in [2.45, 2.75) is 38.3 Å². The van der Waals surface area contributed by atoms with E-state index in [9.17, 15) is 4.39 Å². The molecule has 1 aliphatic heterocycles. The number of rotatable bonds is 4. The second-order valence-electron chi connectivity index (χ2n) is 5.26. The molecule has 1 aromatic rings. The molecule has 1 heterocycles. The molecule has 0 bridgehead atoms. The largest absolute Gasteiger partial charge is 0.493 e. The third-order valence-electron chi connectivity index (χ3n) is 3.03. The van der Waals surface area contributed by atoms with E-state index in [1.54, 1.807) is 0 Å². The van der Waals surface area contributed by atoms with Gasteiger partial charge < -0.3 is 15.2 Å². The van der Waals surface area contributed by atoms with Gasteiger partial charge in [0.25, 0.3) is 0 Å². The lowest BCUT2D eigenvalue weighted by atomic mass is 9.90. The Hall–Kier alpha value is -1.29. The van der Waals surface area contributed by atoms with Crippen LogP contribution >= 0.6 is 0 Å². The van der Waals surface area contributed by atoms with Gasteiger partial charge in [-0.15, -0.1) is 0 Å². The van der Waals surface area contributed by atoms with Crippen LogP contribution in [0.1, 0.15) is 38.3 Å². The van der Waals surface area contributed by atoms with E-state index in [1.165, 1.54) is 0 Å². The van der Waals surface area contributed by atoms with Crippen molar-refractivity contribution in [2.75, 3.05) is 13.3 Å². The van der Waals surface area contributed by atoms with Crippen molar-refractivity contribution in [3.8, 4) is 11.5 Å². The minimum atomic E-state index is -0.362. The first-order valence-corrected chi connectivity index (χ1v) is 6.29. The number of fused-ring (bicyclic) bond motifs is 1. The zero-order valence-corrected chi connectivity index (χ0v) is 10.9. The van der Waals surface area contributed by atoms with Crippen LogP contribution in [0.25, 0.3) is 0 Å². The summed E-state index contributed by atoms with van der Waals surface area (Å²) in [5.74, 6) is 1.48. The van der Waals surface area contributed by atoms with Crippen LogP contribution in [0.4, 0.5) is 4.39 Å². The molecular weight excluding hydrogens is 233 g/mol. The van der Waals surface area contributed by atoms with Crippen molar-refractivity contribution in [2.24, 2.45) is 5.73 Å². The van der Waals surface area contributed by atoms with E-state index in [0.717, 1.165) is 17.7 Å². The maximum atomic E-state index is 12.0. The Bertz CT molecular complexity index is 420. The molecule has 1 unspecified atom stereocenters. The fourth-order valence-electron chi connectivity index (χ4n) is 2.22. The highest BCUT2D eigenvalue weighted by atomic mass is 19.1. The topological polar surface area (TPSA) is 44.5 Å². The Labute approximate surface area is 107 Å². The molecule has 0 spiro atoms. The lowest BCUT2D eigenvalue weighted by Gasteiger charge is -2.36. The van der Waals surface area contributed by atoms with E-state index in [-0.39, 0.29) is 18.3 Å². The van der Waals surface area contributed by atoms with Gasteiger partial charge in [0.15, 0.2) is 0 Å². The molecule has 0 saturated carbocycles. The molecule has 100 valence electrons. The van der Waals surface area contributed by atoms with Crippen molar-refractivity contribution in [3.63, 3.8) is 0 Å². The van der Waals surface area contributed by atoms with E-state index in [0.29, 0.717) is 18.8 Å². The van der Waals surface area contributed by atoms with Crippen molar-refractivity contribution < 1.29 is 13.9 Å². The van der Waals surface area contributed by atoms with E-state index in [2.05, 4.69) is 0 Å². The second-order valence-corrected chi connectivity index (χ2v) is 5.26. The average molecular weight is 253 g/mol. The standard InChI is InChI=1S/C14H20FNO2/c1-14(2)9-12(16)11-5-4-10(8-13(11)18-14)17-7-3-6-15/h4-5,8,12H,3,6-7,9,16H2,1-2H3. The highest BCUT2D eigenvalue weighted by molar-refractivity contribution is 5.44. The molecule has 0 radical (unpaired) electrons. The summed E-state index contributed by atoms with van der Waals surface area (Å²) < 4.78 is 23.4. The third kappa shape index (κ3) is 2.93. The Morgan fingerprint density at radius 1 is 1.50 bits per heavy atom. The predicted octanol–water partition coefficient (Wildman–Crippen LogP) is 2.99. The van der Waals surface area contributed by atoms with E-state index in [1.807, 2.05) is 32.0 Å². The maximum Gasteiger partial charge on any atom is 0.128 e. The summed E-state index contributed by atoms with van der Waals surface area (Å²) in [6.45, 7) is 4.06. The molecule has 1 atom stereocenters. The molecule has 0 aliphatic carbocycles. The number of halogens is 1. The fourth-order valence-corrected chi connectivity index (χ4v) is 2.22. The summed E-state index contributed by atoms with van der Waals surface area (Å²) in [6, 6.07) is 5.62. The number of benzene rings is 1. The number of alkyl halides is 1. The molecule has 3 nitrogen and oxygen atoms in total. The van der Waals surface area contributed by atoms with Gasteiger partial charge in [-0.25, -0.2) is 0 Å². The summed E-state index contributed by atoms with van der Waals surface area (Å²) in [7, 11) is 0. The monoisotopic (exact) mass is 253 g/mol. The first kappa shape index (κ1) is 13.1. The van der Waals surface area contributed by atoms with Crippen molar-refractivity contribution in [1.29, 1.82) is 0 Å². The normalized spacial score (nSPS) is 21.0. The zero-order chi connectivity index (χ0) is 13.2. The van der Waals surface area contributed by atoms with Crippen molar-refractivity contribution in [3.05, 3.63) is 23.8 Å². The highest BCUT2D eigenvalue weighted by Gasteiger charge is 2.31.